The molecule has 0 heterocycles. The minimum Gasteiger partial charge on any atom is -0.285 e. The van der Waals surface area contributed by atoms with Gasteiger partial charge in [0.1, 0.15) is 0 Å². The number of ketones is 2. The van der Waals surface area contributed by atoms with Gasteiger partial charge in [-0.15, -0.1) is 11.8 Å². The largest absolute Gasteiger partial charge is 0.285 e. The van der Waals surface area contributed by atoms with E-state index >= 15 is 0 Å². The molecule has 0 radical (unpaired) electrons. The molecule has 2 aromatic rings. The fraction of sp³-hybridized carbons (Fsp3) is 0.364. The molecule has 3 heteroatoms. The van der Waals surface area contributed by atoms with Crippen LogP contribution in [-0.4, -0.2) is 16.3 Å². The van der Waals surface area contributed by atoms with Gasteiger partial charge in [0.15, 0.2) is 0 Å². The molecule has 0 saturated heterocycles. The van der Waals surface area contributed by atoms with Crippen LogP contribution in [0.25, 0.3) is 11.1 Å². The molecule has 0 saturated carbocycles. The van der Waals surface area contributed by atoms with Crippen molar-refractivity contribution in [1.82, 2.24) is 0 Å². The Labute approximate surface area is 154 Å². The lowest BCUT2D eigenvalue weighted by Crippen LogP contribution is -2.22. The Bertz CT molecular complexity index is 880. The van der Waals surface area contributed by atoms with Crippen molar-refractivity contribution in [3.8, 4) is 11.1 Å². The zero-order valence-electron chi connectivity index (χ0n) is 15.7. The smallest absolute Gasteiger partial charge is 0.234 e. The highest BCUT2D eigenvalue weighted by atomic mass is 32.2. The van der Waals surface area contributed by atoms with Gasteiger partial charge in [-0.3, -0.25) is 9.59 Å². The van der Waals surface area contributed by atoms with Gasteiger partial charge < -0.3 is 0 Å². The summed E-state index contributed by atoms with van der Waals surface area (Å²) in [7, 11) is 0. The molecule has 2 aromatic carbocycles. The van der Waals surface area contributed by atoms with Crippen LogP contribution in [0.15, 0.2) is 41.3 Å². The number of hydrogen-bond acceptors (Lipinski definition) is 3. The van der Waals surface area contributed by atoms with Crippen LogP contribution in [0.4, 0.5) is 0 Å². The Kier molecular flexibility index (Phi) is 4.19. The summed E-state index contributed by atoms with van der Waals surface area (Å²) >= 11 is 1.76. The monoisotopic (exact) mass is 352 g/mol. The molecule has 0 aromatic heterocycles. The number of fused-ring (bicyclic) bond motifs is 3. The first-order valence-corrected chi connectivity index (χ1v) is 9.36. The lowest BCUT2D eigenvalue weighted by atomic mass is 9.79. The van der Waals surface area contributed by atoms with Gasteiger partial charge in [-0.2, -0.15) is 0 Å². The van der Waals surface area contributed by atoms with Crippen molar-refractivity contribution >= 4 is 23.3 Å². The quantitative estimate of drug-likeness (QED) is 0.472. The van der Waals surface area contributed by atoms with Gasteiger partial charge in [-0.05, 0) is 52.4 Å². The van der Waals surface area contributed by atoms with Crippen LogP contribution >= 0.6 is 11.8 Å². The second-order valence-corrected chi connectivity index (χ2v) is 10.5. The molecule has 3 rings (SSSR count). The third kappa shape index (κ3) is 3.43. The highest BCUT2D eigenvalue weighted by Gasteiger charge is 2.31. The molecule has 25 heavy (non-hydrogen) atoms. The Morgan fingerprint density at radius 2 is 1.20 bits per heavy atom. The molecule has 0 aliphatic heterocycles. The van der Waals surface area contributed by atoms with E-state index in [-0.39, 0.29) is 10.2 Å². The van der Waals surface area contributed by atoms with Crippen molar-refractivity contribution < 1.29 is 9.59 Å². The van der Waals surface area contributed by atoms with E-state index in [0.717, 1.165) is 21.6 Å². The maximum Gasteiger partial charge on any atom is 0.234 e. The van der Waals surface area contributed by atoms with E-state index in [1.54, 1.807) is 17.8 Å². The number of hydrogen-bond donors (Lipinski definition) is 0. The van der Waals surface area contributed by atoms with E-state index in [1.807, 2.05) is 18.2 Å². The number of carbonyl (C=O) groups excluding carboxylic acids is 2. The molecule has 130 valence electrons. The zero-order chi connectivity index (χ0) is 18.6. The van der Waals surface area contributed by atoms with Crippen LogP contribution in [0.2, 0.25) is 0 Å². The van der Waals surface area contributed by atoms with Crippen LogP contribution in [0.5, 0.6) is 0 Å². The second-order valence-electron chi connectivity index (χ2n) is 8.59. The zero-order valence-corrected chi connectivity index (χ0v) is 16.5. The van der Waals surface area contributed by atoms with Crippen molar-refractivity contribution in [2.24, 2.45) is 0 Å². The summed E-state index contributed by atoms with van der Waals surface area (Å²) in [6.07, 6.45) is 0. The van der Waals surface area contributed by atoms with Crippen molar-refractivity contribution in [1.29, 1.82) is 0 Å². The molecule has 0 bridgehead atoms. The minimum absolute atomic E-state index is 0.0164. The van der Waals surface area contributed by atoms with Gasteiger partial charge in [-0.1, -0.05) is 47.6 Å². The highest BCUT2D eigenvalue weighted by Crippen LogP contribution is 2.40. The lowest BCUT2D eigenvalue weighted by molar-refractivity contribution is 0.0815. The van der Waals surface area contributed by atoms with Crippen LogP contribution in [0, 0.1) is 0 Å². The van der Waals surface area contributed by atoms with E-state index in [0.29, 0.717) is 11.1 Å². The fourth-order valence-corrected chi connectivity index (χ4v) is 4.06. The van der Waals surface area contributed by atoms with Crippen LogP contribution < -0.4 is 0 Å². The molecule has 2 nitrogen and oxygen atoms in total. The molecular formula is C22H24O2S. The Morgan fingerprint density at radius 3 is 1.72 bits per heavy atom. The Balaban J connectivity index is 2.22. The van der Waals surface area contributed by atoms with Gasteiger partial charge in [-0.25, -0.2) is 0 Å². The predicted octanol–water partition coefficient (Wildman–Crippen LogP) is 5.92. The average molecular weight is 352 g/mol. The van der Waals surface area contributed by atoms with Gasteiger partial charge >= 0.3 is 0 Å². The molecular weight excluding hydrogens is 328 g/mol. The standard InChI is InChI=1S/C22H24O2S/c1-21(2,3)13-7-9-15-17(11-13)18-12-14(25-22(4,5)6)8-10-16(18)20(24)19(15)23/h7-12H,1-6H3. The van der Waals surface area contributed by atoms with Gasteiger partial charge in [0.2, 0.25) is 11.6 Å². The number of rotatable bonds is 1. The highest BCUT2D eigenvalue weighted by molar-refractivity contribution is 8.00. The lowest BCUT2D eigenvalue weighted by Gasteiger charge is -2.25. The molecule has 0 fully saturated rings. The summed E-state index contributed by atoms with van der Waals surface area (Å²) in [5.74, 6) is -0.808. The number of thioether (sulfide) groups is 1. The third-order valence-corrected chi connectivity index (χ3v) is 5.39. The number of benzene rings is 2. The molecule has 0 spiro atoms. The summed E-state index contributed by atoms with van der Waals surface area (Å²) < 4.78 is 0.0822. The van der Waals surface area contributed by atoms with Gasteiger partial charge in [0, 0.05) is 20.8 Å². The molecule has 1 aliphatic carbocycles. The first-order valence-electron chi connectivity index (χ1n) is 8.54. The van der Waals surface area contributed by atoms with Crippen molar-refractivity contribution in [3.63, 3.8) is 0 Å². The minimum atomic E-state index is -0.404. The van der Waals surface area contributed by atoms with E-state index in [2.05, 4.69) is 53.7 Å². The molecule has 0 amide bonds. The Hall–Kier alpha value is -1.87. The summed E-state index contributed by atoms with van der Waals surface area (Å²) in [6, 6.07) is 11.6. The fourth-order valence-electron chi connectivity index (χ4n) is 3.04. The summed E-state index contributed by atoms with van der Waals surface area (Å²) in [5.41, 5.74) is 3.93. The van der Waals surface area contributed by atoms with E-state index in [4.69, 9.17) is 0 Å². The van der Waals surface area contributed by atoms with Crippen LogP contribution in [0.1, 0.15) is 67.8 Å². The van der Waals surface area contributed by atoms with Gasteiger partial charge in [0.05, 0.1) is 0 Å². The van der Waals surface area contributed by atoms with E-state index in [1.165, 1.54) is 0 Å². The molecule has 0 atom stereocenters. The summed E-state index contributed by atoms with van der Waals surface area (Å²) in [4.78, 5) is 26.1. The summed E-state index contributed by atoms with van der Waals surface area (Å²) in [5, 5.41) is 0. The maximum absolute atomic E-state index is 12.5. The SMILES string of the molecule is CC(C)(C)Sc1ccc2c(c1)-c1cc(C(C)(C)C)ccc1C(=O)C2=O. The first kappa shape index (κ1) is 17.9. The molecule has 0 unspecified atom stereocenters. The predicted molar refractivity (Wildman–Crippen MR) is 105 cm³/mol. The third-order valence-electron chi connectivity index (χ3n) is 4.29. The first-order chi connectivity index (χ1) is 11.5. The summed E-state index contributed by atoms with van der Waals surface area (Å²) in [6.45, 7) is 12.9. The van der Waals surface area contributed by atoms with E-state index < -0.39 is 11.6 Å². The van der Waals surface area contributed by atoms with Crippen LogP contribution in [-0.2, 0) is 5.41 Å². The number of Topliss-reactive ketones (excluding diaryl/α,β-unsaturated/α-hetero) is 2. The second kappa shape index (κ2) is 5.84. The molecule has 1 aliphatic rings. The van der Waals surface area contributed by atoms with E-state index in [9.17, 15) is 9.59 Å². The molecule has 0 N–H and O–H groups in total. The average Bonchev–Trinajstić information content (AvgIpc) is 2.49. The topological polar surface area (TPSA) is 34.1 Å². The number of carbonyl (C=O) groups is 2. The van der Waals surface area contributed by atoms with Crippen molar-refractivity contribution in [2.75, 3.05) is 0 Å². The van der Waals surface area contributed by atoms with Crippen molar-refractivity contribution in [2.45, 2.75) is 56.6 Å². The normalized spacial score (nSPS) is 14.3. The van der Waals surface area contributed by atoms with Crippen molar-refractivity contribution in [3.05, 3.63) is 53.1 Å². The van der Waals surface area contributed by atoms with Gasteiger partial charge in [0.25, 0.3) is 0 Å². The maximum atomic E-state index is 12.5. The Morgan fingerprint density at radius 1 is 0.680 bits per heavy atom. The van der Waals surface area contributed by atoms with Crippen LogP contribution in [0.3, 0.4) is 0 Å².